The van der Waals surface area contributed by atoms with Crippen LogP contribution in [-0.2, 0) is 13.1 Å². The van der Waals surface area contributed by atoms with Crippen molar-refractivity contribution < 1.29 is 14.8 Å². The first-order valence-electron chi connectivity index (χ1n) is 6.19. The summed E-state index contributed by atoms with van der Waals surface area (Å²) in [6.45, 7) is 1.82. The number of fused-ring (bicyclic) bond motifs is 1. The predicted octanol–water partition coefficient (Wildman–Crippen LogP) is 0.905. The predicted molar refractivity (Wildman–Crippen MR) is 71.1 cm³/mol. The zero-order chi connectivity index (χ0) is 15.0. The van der Waals surface area contributed by atoms with Crippen LogP contribution in [0.25, 0.3) is 0 Å². The average Bonchev–Trinajstić information content (AvgIpc) is 2.93. The maximum Gasteiger partial charge on any atom is 0.342 e. The van der Waals surface area contributed by atoms with E-state index in [2.05, 4.69) is 10.2 Å². The summed E-state index contributed by atoms with van der Waals surface area (Å²) in [5.41, 5.74) is -0.108. The van der Waals surface area contributed by atoms with Crippen LogP contribution in [0.1, 0.15) is 16.2 Å². The Morgan fingerprint density at radius 2 is 2.19 bits per heavy atom. The third kappa shape index (κ3) is 2.29. The van der Waals surface area contributed by atoms with E-state index in [1.807, 2.05) is 9.47 Å². The summed E-state index contributed by atoms with van der Waals surface area (Å²) in [6, 6.07) is 4.10. The molecule has 1 aromatic heterocycles. The van der Waals surface area contributed by atoms with Crippen molar-refractivity contribution in [1.29, 1.82) is 0 Å². The van der Waals surface area contributed by atoms with Crippen molar-refractivity contribution in [3.8, 4) is 0 Å². The van der Waals surface area contributed by atoms with E-state index in [4.69, 9.17) is 5.11 Å². The minimum Gasteiger partial charge on any atom is -0.477 e. The molecule has 2 heterocycles. The smallest absolute Gasteiger partial charge is 0.342 e. The van der Waals surface area contributed by atoms with Crippen molar-refractivity contribution in [3.05, 3.63) is 46.0 Å². The Kier molecular flexibility index (Phi) is 3.01. The number of hydrogen-bond acceptors (Lipinski definition) is 6. The molecule has 0 fully saturated rings. The Morgan fingerprint density at radius 3 is 2.90 bits per heavy atom. The Balaban J connectivity index is 1.95. The summed E-state index contributed by atoms with van der Waals surface area (Å²) >= 11 is 0. The number of hydrogen-bond donors (Lipinski definition) is 1. The van der Waals surface area contributed by atoms with E-state index in [0.29, 0.717) is 25.3 Å². The highest BCUT2D eigenvalue weighted by Crippen LogP contribution is 2.27. The van der Waals surface area contributed by atoms with Crippen LogP contribution < -0.4 is 4.90 Å². The van der Waals surface area contributed by atoms with Crippen molar-refractivity contribution in [2.45, 2.75) is 13.1 Å². The van der Waals surface area contributed by atoms with Gasteiger partial charge in [-0.05, 0) is 12.1 Å². The van der Waals surface area contributed by atoms with E-state index in [0.717, 1.165) is 5.82 Å². The van der Waals surface area contributed by atoms with Crippen LogP contribution in [0.2, 0.25) is 0 Å². The van der Waals surface area contributed by atoms with Gasteiger partial charge in [-0.25, -0.2) is 4.79 Å². The normalized spacial score (nSPS) is 13.8. The number of carboxylic acid groups (broad SMARTS) is 1. The molecule has 0 atom stereocenters. The largest absolute Gasteiger partial charge is 0.477 e. The van der Waals surface area contributed by atoms with Crippen molar-refractivity contribution in [3.63, 3.8) is 0 Å². The summed E-state index contributed by atoms with van der Waals surface area (Å²) in [5, 5.41) is 27.8. The van der Waals surface area contributed by atoms with E-state index in [-0.39, 0.29) is 5.56 Å². The topological polar surface area (TPSA) is 114 Å². The van der Waals surface area contributed by atoms with Crippen molar-refractivity contribution in [2.75, 3.05) is 11.4 Å². The molecular weight excluding hydrogens is 278 g/mol. The standard InChI is InChI=1S/C12H11N5O4/c18-12(19)9-5-8(1-2-10(9)17(20)21)15-3-4-16-7-13-14-11(16)6-15/h1-2,5,7H,3-4,6H2,(H,18,19). The number of nitrogens with zero attached hydrogens (tertiary/aromatic N) is 5. The zero-order valence-corrected chi connectivity index (χ0v) is 10.8. The number of carbonyl (C=O) groups is 1. The van der Waals surface area contributed by atoms with Crippen LogP contribution >= 0.6 is 0 Å². The summed E-state index contributed by atoms with van der Waals surface area (Å²) in [5.74, 6) is -0.541. The van der Waals surface area contributed by atoms with Gasteiger partial charge < -0.3 is 14.6 Å². The van der Waals surface area contributed by atoms with Gasteiger partial charge in [0.25, 0.3) is 5.69 Å². The first-order valence-corrected chi connectivity index (χ1v) is 6.19. The maximum atomic E-state index is 11.2. The van der Waals surface area contributed by atoms with Gasteiger partial charge in [0.1, 0.15) is 11.9 Å². The van der Waals surface area contributed by atoms with Gasteiger partial charge in [0.15, 0.2) is 5.82 Å². The molecule has 0 saturated heterocycles. The summed E-state index contributed by atoms with van der Waals surface area (Å²) < 4.78 is 1.92. The molecule has 9 nitrogen and oxygen atoms in total. The molecule has 3 rings (SSSR count). The van der Waals surface area contributed by atoms with E-state index in [1.54, 1.807) is 12.4 Å². The van der Waals surface area contributed by atoms with Crippen LogP contribution in [0, 0.1) is 10.1 Å². The van der Waals surface area contributed by atoms with Crippen molar-refractivity contribution in [1.82, 2.24) is 14.8 Å². The van der Waals surface area contributed by atoms with Gasteiger partial charge in [-0.3, -0.25) is 10.1 Å². The highest BCUT2D eigenvalue weighted by atomic mass is 16.6. The van der Waals surface area contributed by atoms with Gasteiger partial charge in [0.2, 0.25) is 0 Å². The summed E-state index contributed by atoms with van der Waals surface area (Å²) in [4.78, 5) is 23.2. The van der Waals surface area contributed by atoms with E-state index in [9.17, 15) is 14.9 Å². The van der Waals surface area contributed by atoms with Crippen LogP contribution in [0.15, 0.2) is 24.5 Å². The molecule has 0 amide bonds. The Bertz CT molecular complexity index is 726. The molecule has 1 N–H and O–H groups in total. The number of aromatic carboxylic acids is 1. The molecule has 0 unspecified atom stereocenters. The molecule has 1 aliphatic rings. The quantitative estimate of drug-likeness (QED) is 0.659. The van der Waals surface area contributed by atoms with Crippen molar-refractivity contribution >= 4 is 17.3 Å². The minimum absolute atomic E-state index is 0.315. The molecule has 0 bridgehead atoms. The molecule has 2 aromatic rings. The third-order valence-electron chi connectivity index (χ3n) is 3.41. The minimum atomic E-state index is -1.32. The van der Waals surface area contributed by atoms with Crippen LogP contribution in [0.4, 0.5) is 11.4 Å². The molecule has 21 heavy (non-hydrogen) atoms. The number of rotatable bonds is 3. The highest BCUT2D eigenvalue weighted by molar-refractivity contribution is 5.93. The molecule has 0 spiro atoms. The molecule has 0 aliphatic carbocycles. The summed E-state index contributed by atoms with van der Waals surface area (Å²) in [6.07, 6.45) is 1.64. The van der Waals surface area contributed by atoms with Crippen LogP contribution in [0.3, 0.4) is 0 Å². The first kappa shape index (κ1) is 13.0. The number of nitro groups is 1. The molecule has 1 aromatic carbocycles. The second-order valence-corrected chi connectivity index (χ2v) is 4.63. The molecule has 0 saturated carbocycles. The molecule has 108 valence electrons. The van der Waals surface area contributed by atoms with E-state index >= 15 is 0 Å². The lowest BCUT2D eigenvalue weighted by atomic mass is 10.1. The number of nitro benzene ring substituents is 1. The second kappa shape index (κ2) is 4.85. The Morgan fingerprint density at radius 1 is 1.38 bits per heavy atom. The van der Waals surface area contributed by atoms with Gasteiger partial charge in [0.05, 0.1) is 11.5 Å². The van der Waals surface area contributed by atoms with Gasteiger partial charge in [0, 0.05) is 24.8 Å². The molecule has 1 aliphatic heterocycles. The maximum absolute atomic E-state index is 11.2. The lowest BCUT2D eigenvalue weighted by Gasteiger charge is -2.29. The summed E-state index contributed by atoms with van der Waals surface area (Å²) in [7, 11) is 0. The fraction of sp³-hybridized carbons (Fsp3) is 0.250. The van der Waals surface area contributed by atoms with Crippen LogP contribution in [-0.4, -0.2) is 37.3 Å². The molecule has 9 heteroatoms. The van der Waals surface area contributed by atoms with E-state index < -0.39 is 16.6 Å². The van der Waals surface area contributed by atoms with E-state index in [1.165, 1.54) is 12.1 Å². The van der Waals surface area contributed by atoms with Crippen molar-refractivity contribution in [2.24, 2.45) is 0 Å². The Hall–Kier alpha value is -2.97. The van der Waals surface area contributed by atoms with Gasteiger partial charge in [-0.1, -0.05) is 0 Å². The van der Waals surface area contributed by atoms with Gasteiger partial charge in [-0.15, -0.1) is 10.2 Å². The highest BCUT2D eigenvalue weighted by Gasteiger charge is 2.23. The fourth-order valence-electron chi connectivity index (χ4n) is 2.34. The zero-order valence-electron chi connectivity index (χ0n) is 10.8. The molecular formula is C12H11N5O4. The monoisotopic (exact) mass is 289 g/mol. The second-order valence-electron chi connectivity index (χ2n) is 4.63. The lowest BCUT2D eigenvalue weighted by molar-refractivity contribution is -0.385. The lowest BCUT2D eigenvalue weighted by Crippen LogP contribution is -2.33. The number of benzene rings is 1. The third-order valence-corrected chi connectivity index (χ3v) is 3.41. The van der Waals surface area contributed by atoms with Gasteiger partial charge >= 0.3 is 5.97 Å². The Labute approximate surface area is 118 Å². The number of carboxylic acids is 1. The number of anilines is 1. The average molecular weight is 289 g/mol. The SMILES string of the molecule is O=C(O)c1cc(N2CCn3cnnc3C2)ccc1[N+](=O)[O-]. The first-order chi connectivity index (χ1) is 10.1. The van der Waals surface area contributed by atoms with Crippen LogP contribution in [0.5, 0.6) is 0 Å². The van der Waals surface area contributed by atoms with Gasteiger partial charge in [-0.2, -0.15) is 0 Å². The number of aromatic nitrogens is 3. The fourth-order valence-corrected chi connectivity index (χ4v) is 2.34. The molecule has 0 radical (unpaired) electrons.